The third-order valence-electron chi connectivity index (χ3n) is 1.94. The molecule has 2 aromatic rings. The van der Waals surface area contributed by atoms with Crippen LogP contribution in [0.1, 0.15) is 24.2 Å². The van der Waals surface area contributed by atoms with Crippen LogP contribution in [0, 0.1) is 0 Å². The molecule has 0 radical (unpaired) electrons. The fourth-order valence-electron chi connectivity index (χ4n) is 1.31. The van der Waals surface area contributed by atoms with Crippen LogP contribution in [0.2, 0.25) is 0 Å². The van der Waals surface area contributed by atoms with E-state index in [0.29, 0.717) is 5.56 Å². The second-order valence-corrected chi connectivity index (χ2v) is 5.91. The van der Waals surface area contributed by atoms with Crippen molar-refractivity contribution in [1.82, 2.24) is 4.98 Å². The van der Waals surface area contributed by atoms with Crippen LogP contribution in [-0.2, 0) is 4.74 Å². The summed E-state index contributed by atoms with van der Waals surface area (Å²) in [5.74, 6) is -0.290. The predicted octanol–water partition coefficient (Wildman–Crippen LogP) is 3.62. The van der Waals surface area contributed by atoms with Crippen LogP contribution in [0.25, 0.3) is 10.2 Å². The van der Waals surface area contributed by atoms with Gasteiger partial charge in [-0.25, -0.2) is 9.78 Å². The van der Waals surface area contributed by atoms with Crippen molar-refractivity contribution in [2.75, 3.05) is 0 Å². The van der Waals surface area contributed by atoms with E-state index in [2.05, 4.69) is 20.9 Å². The van der Waals surface area contributed by atoms with Crippen LogP contribution < -0.4 is 0 Å². The van der Waals surface area contributed by atoms with Gasteiger partial charge < -0.3 is 4.74 Å². The standard InChI is InChI=1S/C11H10BrNO2S/c1-6(2)15-10(14)7-3-4-8-9(5-7)16-11(12)13-8/h3-6H,1-2H3. The van der Waals surface area contributed by atoms with E-state index < -0.39 is 0 Å². The Morgan fingerprint density at radius 1 is 1.50 bits per heavy atom. The molecule has 0 bridgehead atoms. The van der Waals surface area contributed by atoms with Gasteiger partial charge in [0.05, 0.1) is 21.9 Å². The van der Waals surface area contributed by atoms with E-state index in [1.165, 1.54) is 11.3 Å². The third kappa shape index (κ3) is 2.41. The molecule has 0 saturated carbocycles. The zero-order valence-electron chi connectivity index (χ0n) is 8.86. The topological polar surface area (TPSA) is 39.2 Å². The Morgan fingerprint density at radius 2 is 2.25 bits per heavy atom. The monoisotopic (exact) mass is 299 g/mol. The van der Waals surface area contributed by atoms with Gasteiger partial charge in [0.2, 0.25) is 0 Å². The maximum atomic E-state index is 11.7. The SMILES string of the molecule is CC(C)OC(=O)c1ccc2nc(Br)sc2c1. The predicted molar refractivity (Wildman–Crippen MR) is 67.9 cm³/mol. The molecule has 0 saturated heterocycles. The molecule has 0 spiro atoms. The van der Waals surface area contributed by atoms with Crippen molar-refractivity contribution in [3.05, 3.63) is 27.7 Å². The van der Waals surface area contributed by atoms with Gasteiger partial charge in [-0.2, -0.15) is 0 Å². The number of aromatic nitrogens is 1. The molecule has 1 aromatic heterocycles. The van der Waals surface area contributed by atoms with E-state index in [4.69, 9.17) is 4.74 Å². The molecule has 1 heterocycles. The van der Waals surface area contributed by atoms with E-state index >= 15 is 0 Å². The lowest BCUT2D eigenvalue weighted by Crippen LogP contribution is -2.11. The highest BCUT2D eigenvalue weighted by Gasteiger charge is 2.11. The van der Waals surface area contributed by atoms with Gasteiger partial charge in [-0.05, 0) is 48.0 Å². The Bertz CT molecular complexity index is 536. The number of carbonyl (C=O) groups is 1. The van der Waals surface area contributed by atoms with Crippen molar-refractivity contribution in [2.45, 2.75) is 20.0 Å². The number of hydrogen-bond donors (Lipinski definition) is 0. The first-order valence-corrected chi connectivity index (χ1v) is 6.44. The molecule has 0 atom stereocenters. The Morgan fingerprint density at radius 3 is 2.94 bits per heavy atom. The summed E-state index contributed by atoms with van der Waals surface area (Å²) >= 11 is 4.82. The third-order valence-corrected chi connectivity index (χ3v) is 3.41. The van der Waals surface area contributed by atoms with E-state index in [9.17, 15) is 4.79 Å². The lowest BCUT2D eigenvalue weighted by atomic mass is 10.2. The number of hydrogen-bond acceptors (Lipinski definition) is 4. The lowest BCUT2D eigenvalue weighted by Gasteiger charge is -2.07. The normalized spacial score (nSPS) is 11.0. The first-order chi connectivity index (χ1) is 7.56. The van der Waals surface area contributed by atoms with Gasteiger partial charge in [0, 0.05) is 0 Å². The van der Waals surface area contributed by atoms with Gasteiger partial charge in [-0.3, -0.25) is 0 Å². The van der Waals surface area contributed by atoms with Gasteiger partial charge in [0.15, 0.2) is 3.92 Å². The summed E-state index contributed by atoms with van der Waals surface area (Å²) in [4.78, 5) is 15.9. The number of benzene rings is 1. The fraction of sp³-hybridized carbons (Fsp3) is 0.273. The number of fused-ring (bicyclic) bond motifs is 1. The molecule has 5 heteroatoms. The van der Waals surface area contributed by atoms with Crippen LogP contribution in [-0.4, -0.2) is 17.1 Å². The minimum absolute atomic E-state index is 0.101. The summed E-state index contributed by atoms with van der Waals surface area (Å²) in [6, 6.07) is 5.37. The smallest absolute Gasteiger partial charge is 0.338 e. The van der Waals surface area contributed by atoms with Gasteiger partial charge in [-0.1, -0.05) is 0 Å². The molecule has 84 valence electrons. The summed E-state index contributed by atoms with van der Waals surface area (Å²) in [7, 11) is 0. The average molecular weight is 300 g/mol. The number of thiazole rings is 1. The minimum atomic E-state index is -0.290. The first-order valence-electron chi connectivity index (χ1n) is 4.83. The first kappa shape index (κ1) is 11.5. The van der Waals surface area contributed by atoms with E-state index in [1.54, 1.807) is 6.07 Å². The van der Waals surface area contributed by atoms with Crippen molar-refractivity contribution in [2.24, 2.45) is 0 Å². The highest BCUT2D eigenvalue weighted by atomic mass is 79.9. The molecule has 0 fully saturated rings. The molecule has 16 heavy (non-hydrogen) atoms. The van der Waals surface area contributed by atoms with E-state index in [0.717, 1.165) is 14.1 Å². The number of esters is 1. The highest BCUT2D eigenvalue weighted by Crippen LogP contribution is 2.26. The van der Waals surface area contributed by atoms with Crippen LogP contribution in [0.4, 0.5) is 0 Å². The molecule has 0 aliphatic rings. The van der Waals surface area contributed by atoms with Crippen LogP contribution in [0.15, 0.2) is 22.1 Å². The zero-order valence-corrected chi connectivity index (χ0v) is 11.3. The lowest BCUT2D eigenvalue weighted by molar-refractivity contribution is 0.0378. The Kier molecular flexibility index (Phi) is 3.25. The Labute approximate surface area is 106 Å². The van der Waals surface area contributed by atoms with E-state index in [-0.39, 0.29) is 12.1 Å². The molecule has 1 aromatic carbocycles. The Balaban J connectivity index is 2.35. The van der Waals surface area contributed by atoms with Crippen LogP contribution >= 0.6 is 27.3 Å². The molecule has 0 unspecified atom stereocenters. The molecule has 2 rings (SSSR count). The maximum Gasteiger partial charge on any atom is 0.338 e. The molecular formula is C11H10BrNO2S. The minimum Gasteiger partial charge on any atom is -0.459 e. The number of ether oxygens (including phenoxy) is 1. The van der Waals surface area contributed by atoms with Crippen LogP contribution in [0.3, 0.4) is 0 Å². The average Bonchev–Trinajstić information content (AvgIpc) is 2.55. The highest BCUT2D eigenvalue weighted by molar-refractivity contribution is 9.11. The van der Waals surface area contributed by atoms with E-state index in [1.807, 2.05) is 26.0 Å². The van der Waals surface area contributed by atoms with Crippen molar-refractivity contribution in [3.63, 3.8) is 0 Å². The quantitative estimate of drug-likeness (QED) is 0.795. The van der Waals surface area contributed by atoms with Gasteiger partial charge in [0.1, 0.15) is 0 Å². The molecule has 0 aliphatic carbocycles. The Hall–Kier alpha value is -0.940. The number of halogens is 1. The van der Waals surface area contributed by atoms with Crippen molar-refractivity contribution >= 4 is 43.5 Å². The van der Waals surface area contributed by atoms with Gasteiger partial charge in [0.25, 0.3) is 0 Å². The second kappa shape index (κ2) is 4.51. The zero-order chi connectivity index (χ0) is 11.7. The molecule has 0 amide bonds. The summed E-state index contributed by atoms with van der Waals surface area (Å²) < 4.78 is 6.92. The summed E-state index contributed by atoms with van der Waals surface area (Å²) in [5, 5.41) is 0. The van der Waals surface area contributed by atoms with Gasteiger partial charge >= 0.3 is 5.97 Å². The summed E-state index contributed by atoms with van der Waals surface area (Å²) in [6.07, 6.45) is -0.101. The fourth-order valence-corrected chi connectivity index (χ4v) is 2.75. The number of carbonyl (C=O) groups excluding carboxylic acids is 1. The van der Waals surface area contributed by atoms with Crippen molar-refractivity contribution in [1.29, 1.82) is 0 Å². The summed E-state index contributed by atoms with van der Waals surface area (Å²) in [5.41, 5.74) is 1.45. The van der Waals surface area contributed by atoms with Crippen molar-refractivity contribution in [3.8, 4) is 0 Å². The molecule has 0 N–H and O–H groups in total. The van der Waals surface area contributed by atoms with Crippen LogP contribution in [0.5, 0.6) is 0 Å². The largest absolute Gasteiger partial charge is 0.459 e. The number of nitrogens with zero attached hydrogens (tertiary/aromatic N) is 1. The molecular weight excluding hydrogens is 290 g/mol. The molecule has 3 nitrogen and oxygen atoms in total. The maximum absolute atomic E-state index is 11.7. The van der Waals surface area contributed by atoms with Gasteiger partial charge in [-0.15, -0.1) is 11.3 Å². The summed E-state index contributed by atoms with van der Waals surface area (Å²) in [6.45, 7) is 3.67. The second-order valence-electron chi connectivity index (χ2n) is 3.60. The molecule has 0 aliphatic heterocycles. The van der Waals surface area contributed by atoms with Crippen molar-refractivity contribution < 1.29 is 9.53 Å². The number of rotatable bonds is 2.